The van der Waals surface area contributed by atoms with Gasteiger partial charge in [0.05, 0.1) is 5.92 Å². The predicted octanol–water partition coefficient (Wildman–Crippen LogP) is 2.06. The molecule has 8 nitrogen and oxygen atoms in total. The van der Waals surface area contributed by atoms with Crippen LogP contribution < -0.4 is 16.5 Å². The number of nitrogens with two attached hydrogens (primary N) is 1. The number of hydrogen-bond donors (Lipinski definition) is 4. The molecule has 0 bridgehead atoms. The summed E-state index contributed by atoms with van der Waals surface area (Å²) in [6.07, 6.45) is -1.30. The number of benzene rings is 2. The minimum absolute atomic E-state index is 0.0337. The van der Waals surface area contributed by atoms with E-state index in [4.69, 9.17) is 10.5 Å². The molecule has 3 atom stereocenters. The van der Waals surface area contributed by atoms with Gasteiger partial charge in [0.25, 0.3) is 5.91 Å². The predicted molar refractivity (Wildman–Crippen MR) is 117 cm³/mol. The van der Waals surface area contributed by atoms with Gasteiger partial charge in [-0.1, -0.05) is 45.0 Å². The van der Waals surface area contributed by atoms with Crippen LogP contribution in [0.1, 0.15) is 33.3 Å². The van der Waals surface area contributed by atoms with Crippen molar-refractivity contribution in [3.05, 3.63) is 47.8 Å². The highest BCUT2D eigenvalue weighted by atomic mass is 19.1. The van der Waals surface area contributed by atoms with Crippen molar-refractivity contribution < 1.29 is 28.7 Å². The van der Waals surface area contributed by atoms with E-state index in [1.807, 2.05) is 0 Å². The Morgan fingerprint density at radius 1 is 1.09 bits per heavy atom. The second kappa shape index (κ2) is 10.5. The smallest absolute Gasteiger partial charge is 0.273 e. The van der Waals surface area contributed by atoms with Crippen LogP contribution in [0.5, 0.6) is 0 Å². The number of halogens is 1. The Morgan fingerprint density at radius 3 is 2.31 bits per heavy atom. The van der Waals surface area contributed by atoms with E-state index in [0.29, 0.717) is 10.9 Å². The van der Waals surface area contributed by atoms with Gasteiger partial charge in [-0.05, 0) is 47.2 Å². The lowest BCUT2D eigenvalue weighted by Gasteiger charge is -2.32. The second-order valence-electron chi connectivity index (χ2n) is 8.70. The first-order valence-corrected chi connectivity index (χ1v) is 10.3. The van der Waals surface area contributed by atoms with E-state index >= 15 is 0 Å². The molecule has 174 valence electrons. The summed E-state index contributed by atoms with van der Waals surface area (Å²) in [7, 11) is 0. The second-order valence-corrected chi connectivity index (χ2v) is 8.70. The van der Waals surface area contributed by atoms with Crippen LogP contribution in [0, 0.1) is 17.2 Å². The van der Waals surface area contributed by atoms with Crippen LogP contribution in [0.4, 0.5) is 4.39 Å². The molecule has 0 radical (unpaired) electrons. The summed E-state index contributed by atoms with van der Waals surface area (Å²) in [5.41, 5.74) is 6.98. The number of carbonyl (C=O) groups excluding carboxylic acids is 3. The van der Waals surface area contributed by atoms with Gasteiger partial charge in [-0.25, -0.2) is 9.87 Å². The molecule has 0 saturated heterocycles. The zero-order chi connectivity index (χ0) is 24.1. The van der Waals surface area contributed by atoms with Crippen LogP contribution >= 0.6 is 0 Å². The van der Waals surface area contributed by atoms with E-state index in [2.05, 4.69) is 5.32 Å². The van der Waals surface area contributed by atoms with E-state index in [0.717, 1.165) is 5.39 Å². The van der Waals surface area contributed by atoms with E-state index in [1.54, 1.807) is 52.0 Å². The molecule has 0 spiro atoms. The fourth-order valence-corrected chi connectivity index (χ4v) is 3.57. The number of hydroxylamine groups is 1. The molecule has 0 heterocycles. The normalized spacial score (nSPS) is 14.4. The Hall–Kier alpha value is -3.04. The molecule has 0 aromatic heterocycles. The highest BCUT2D eigenvalue weighted by Crippen LogP contribution is 2.24. The Balaban J connectivity index is 2.44. The first-order chi connectivity index (χ1) is 15.0. The zero-order valence-corrected chi connectivity index (χ0v) is 18.6. The van der Waals surface area contributed by atoms with E-state index in [-0.39, 0.29) is 13.0 Å². The number of hydrogen-bond acceptors (Lipinski definition) is 5. The number of ether oxygens (including phenoxy) is 1. The van der Waals surface area contributed by atoms with Gasteiger partial charge in [0.1, 0.15) is 18.0 Å². The summed E-state index contributed by atoms with van der Waals surface area (Å²) in [6, 6.07) is 8.62. The molecule has 0 aliphatic heterocycles. The van der Waals surface area contributed by atoms with Crippen LogP contribution in [0.3, 0.4) is 0 Å². The molecule has 32 heavy (non-hydrogen) atoms. The molecule has 2 rings (SSSR count). The summed E-state index contributed by atoms with van der Waals surface area (Å²) in [5.74, 6) is -3.75. The standard InChI is InChI=1S/C23H30FN3O5/c1-5-32-18(22(30)27-31)17(21(29)26-19(20(25)28)23(2,3)4)11-13-6-7-14-8-9-16(24)12-15(14)10-13/h6-10,12,17-19,31H,5,11H2,1-4H3,(H2,25,28)(H,26,29)(H,27,30)/t17-,18+,19-/m1/s1. The van der Waals surface area contributed by atoms with E-state index in [9.17, 15) is 24.0 Å². The van der Waals surface area contributed by atoms with Gasteiger partial charge in [0.15, 0.2) is 0 Å². The summed E-state index contributed by atoms with van der Waals surface area (Å²) < 4.78 is 19.1. The summed E-state index contributed by atoms with van der Waals surface area (Å²) in [6.45, 7) is 6.98. The maximum absolute atomic E-state index is 13.7. The topological polar surface area (TPSA) is 131 Å². The van der Waals surface area contributed by atoms with Crippen LogP contribution in [-0.2, 0) is 25.5 Å². The SMILES string of the molecule is CCO[C@H](C(=O)NO)[C@@H](Cc1ccc2ccc(F)cc2c1)C(=O)N[C@H](C(N)=O)C(C)(C)C. The van der Waals surface area contributed by atoms with Crippen molar-refractivity contribution in [2.24, 2.45) is 17.1 Å². The molecule has 2 aromatic rings. The maximum Gasteiger partial charge on any atom is 0.273 e. The molecule has 0 aliphatic rings. The van der Waals surface area contributed by atoms with Gasteiger partial charge in [0.2, 0.25) is 11.8 Å². The van der Waals surface area contributed by atoms with Crippen molar-refractivity contribution in [2.45, 2.75) is 46.3 Å². The minimum Gasteiger partial charge on any atom is -0.368 e. The number of fused-ring (bicyclic) bond motifs is 1. The van der Waals surface area contributed by atoms with Crippen LogP contribution in [0.15, 0.2) is 36.4 Å². The monoisotopic (exact) mass is 447 g/mol. The molecule has 5 N–H and O–H groups in total. The molecule has 0 unspecified atom stereocenters. The van der Waals surface area contributed by atoms with Gasteiger partial charge in [-0.3, -0.25) is 19.6 Å². The highest BCUT2D eigenvalue weighted by molar-refractivity contribution is 5.92. The van der Waals surface area contributed by atoms with E-state index < -0.39 is 47.0 Å². The largest absolute Gasteiger partial charge is 0.368 e. The zero-order valence-electron chi connectivity index (χ0n) is 18.6. The third-order valence-corrected chi connectivity index (χ3v) is 5.18. The third-order valence-electron chi connectivity index (χ3n) is 5.18. The third kappa shape index (κ3) is 6.24. The van der Waals surface area contributed by atoms with Gasteiger partial charge >= 0.3 is 0 Å². The summed E-state index contributed by atoms with van der Waals surface area (Å²) in [5, 5.41) is 13.2. The Labute approximate surface area is 186 Å². The van der Waals surface area contributed by atoms with Crippen molar-refractivity contribution in [3.8, 4) is 0 Å². The Kier molecular flexibility index (Phi) is 8.29. The average Bonchev–Trinajstić information content (AvgIpc) is 2.72. The van der Waals surface area contributed by atoms with Gasteiger partial charge in [-0.2, -0.15) is 0 Å². The summed E-state index contributed by atoms with van der Waals surface area (Å²) >= 11 is 0. The molecule has 9 heteroatoms. The lowest BCUT2D eigenvalue weighted by atomic mass is 9.85. The average molecular weight is 448 g/mol. The molecule has 0 fully saturated rings. The fraction of sp³-hybridized carbons (Fsp3) is 0.435. The van der Waals surface area contributed by atoms with Gasteiger partial charge in [0, 0.05) is 6.61 Å². The van der Waals surface area contributed by atoms with Crippen LogP contribution in [0.2, 0.25) is 0 Å². The number of rotatable bonds is 9. The molecule has 2 aromatic carbocycles. The highest BCUT2D eigenvalue weighted by Gasteiger charge is 2.38. The van der Waals surface area contributed by atoms with Crippen LogP contribution in [-0.4, -0.2) is 41.7 Å². The number of primary amides is 1. The lowest BCUT2D eigenvalue weighted by molar-refractivity contribution is -0.151. The number of carbonyl (C=O) groups is 3. The molecule has 3 amide bonds. The molecular weight excluding hydrogens is 417 g/mol. The molecular formula is C23H30FN3O5. The van der Waals surface area contributed by atoms with Crippen molar-refractivity contribution in [2.75, 3.05) is 6.61 Å². The number of nitrogens with one attached hydrogen (secondary N) is 2. The molecule has 0 saturated carbocycles. The fourth-order valence-electron chi connectivity index (χ4n) is 3.57. The minimum atomic E-state index is -1.33. The maximum atomic E-state index is 13.7. The Bertz CT molecular complexity index is 989. The quantitative estimate of drug-likeness (QED) is 0.345. The van der Waals surface area contributed by atoms with Crippen molar-refractivity contribution in [1.29, 1.82) is 0 Å². The Morgan fingerprint density at radius 2 is 1.75 bits per heavy atom. The van der Waals surface area contributed by atoms with Crippen molar-refractivity contribution >= 4 is 28.5 Å². The van der Waals surface area contributed by atoms with Crippen molar-refractivity contribution in [3.63, 3.8) is 0 Å². The van der Waals surface area contributed by atoms with Crippen molar-refractivity contribution in [1.82, 2.24) is 10.8 Å². The van der Waals surface area contributed by atoms with Gasteiger partial charge < -0.3 is 15.8 Å². The first kappa shape index (κ1) is 25.2. The summed E-state index contributed by atoms with van der Waals surface area (Å²) in [4.78, 5) is 37.5. The van der Waals surface area contributed by atoms with Gasteiger partial charge in [-0.15, -0.1) is 0 Å². The molecule has 0 aliphatic carbocycles. The van der Waals surface area contributed by atoms with Crippen LogP contribution in [0.25, 0.3) is 10.8 Å². The lowest BCUT2D eigenvalue weighted by Crippen LogP contribution is -2.56. The number of amides is 3. The van der Waals surface area contributed by atoms with E-state index in [1.165, 1.54) is 17.6 Å². The first-order valence-electron chi connectivity index (χ1n) is 10.3.